The van der Waals surface area contributed by atoms with Crippen LogP contribution in [0.25, 0.3) is 5.57 Å². The van der Waals surface area contributed by atoms with Gasteiger partial charge in [0.2, 0.25) is 5.95 Å². The van der Waals surface area contributed by atoms with Crippen LogP contribution in [0.3, 0.4) is 0 Å². The van der Waals surface area contributed by atoms with Crippen molar-refractivity contribution in [3.63, 3.8) is 0 Å². The number of aromatic nitrogens is 3. The van der Waals surface area contributed by atoms with Gasteiger partial charge in [-0.05, 0) is 54.0 Å². The summed E-state index contributed by atoms with van der Waals surface area (Å²) >= 11 is 3.39. The van der Waals surface area contributed by atoms with Crippen molar-refractivity contribution in [2.45, 2.75) is 52.7 Å². The summed E-state index contributed by atoms with van der Waals surface area (Å²) in [5.41, 5.74) is 1.77. The van der Waals surface area contributed by atoms with E-state index in [0.29, 0.717) is 31.4 Å². The summed E-state index contributed by atoms with van der Waals surface area (Å²) < 4.78 is 1.61. The van der Waals surface area contributed by atoms with Crippen molar-refractivity contribution in [2.24, 2.45) is 0 Å². The first-order chi connectivity index (χ1) is 14.6. The van der Waals surface area contributed by atoms with Gasteiger partial charge in [-0.15, -0.1) is 22.7 Å². The highest BCUT2D eigenvalue weighted by Crippen LogP contribution is 2.30. The molecule has 8 heteroatoms. The summed E-state index contributed by atoms with van der Waals surface area (Å²) in [4.78, 5) is 27.1. The van der Waals surface area contributed by atoms with E-state index >= 15 is 0 Å². The molecule has 6 nitrogen and oxygen atoms in total. The van der Waals surface area contributed by atoms with Gasteiger partial charge in [-0.3, -0.25) is 4.57 Å². The van der Waals surface area contributed by atoms with Crippen molar-refractivity contribution >= 4 is 34.2 Å². The van der Waals surface area contributed by atoms with Crippen LogP contribution in [0, 0.1) is 13.8 Å². The quantitative estimate of drug-likeness (QED) is 0.643. The lowest BCUT2D eigenvalue weighted by Crippen LogP contribution is -2.40. The van der Waals surface area contributed by atoms with Gasteiger partial charge in [-0.1, -0.05) is 26.8 Å². The summed E-state index contributed by atoms with van der Waals surface area (Å²) in [5.74, 6) is 0.995. The molecule has 0 bridgehead atoms. The Labute approximate surface area is 190 Å². The molecule has 4 heterocycles. The average Bonchev–Trinajstić information content (AvgIpc) is 3.33. The van der Waals surface area contributed by atoms with Crippen LogP contribution in [0.2, 0.25) is 0 Å². The van der Waals surface area contributed by atoms with E-state index in [9.17, 15) is 9.90 Å². The summed E-state index contributed by atoms with van der Waals surface area (Å²) in [6.45, 7) is 11.8. The maximum Gasteiger partial charge on any atom is 0.352 e. The molecule has 0 saturated heterocycles. The number of hydrogen-bond donors (Lipinski definition) is 1. The Bertz CT molecular complexity index is 1180. The molecule has 0 radical (unpaired) electrons. The lowest BCUT2D eigenvalue weighted by molar-refractivity contribution is 0.233. The molecule has 0 saturated carbocycles. The van der Waals surface area contributed by atoms with Crippen LogP contribution in [0.1, 0.15) is 46.8 Å². The molecule has 3 aromatic rings. The van der Waals surface area contributed by atoms with Gasteiger partial charge in [-0.2, -0.15) is 9.97 Å². The fourth-order valence-electron chi connectivity index (χ4n) is 3.65. The Hall–Kier alpha value is -2.29. The minimum absolute atomic E-state index is 0.0897. The van der Waals surface area contributed by atoms with Gasteiger partial charge in [0, 0.05) is 21.2 Å². The Balaban J connectivity index is 1.54. The molecule has 4 rings (SSSR count). The molecule has 0 aliphatic carbocycles. The lowest BCUT2D eigenvalue weighted by Gasteiger charge is -2.30. The molecule has 1 aliphatic heterocycles. The number of aliphatic hydroxyl groups excluding tert-OH is 1. The van der Waals surface area contributed by atoms with Crippen LogP contribution in [-0.2, 0) is 12.0 Å². The number of aliphatic hydroxyl groups is 1. The third-order valence-electron chi connectivity index (χ3n) is 5.42. The third kappa shape index (κ3) is 4.66. The second kappa shape index (κ2) is 8.33. The predicted molar refractivity (Wildman–Crippen MR) is 128 cm³/mol. The van der Waals surface area contributed by atoms with E-state index in [2.05, 4.69) is 61.2 Å². The maximum absolute atomic E-state index is 12.8. The highest BCUT2D eigenvalue weighted by atomic mass is 32.1. The number of β-amino-alcohol motifs (C(OH)–C–C–N with tert-alkyl or cyclic N) is 1. The normalized spacial score (nSPS) is 17.2. The topological polar surface area (TPSA) is 71.2 Å². The van der Waals surface area contributed by atoms with Crippen molar-refractivity contribution in [1.82, 2.24) is 14.5 Å². The van der Waals surface area contributed by atoms with E-state index in [-0.39, 0.29) is 11.1 Å². The van der Waals surface area contributed by atoms with Crippen molar-refractivity contribution in [3.05, 3.63) is 66.2 Å². The summed E-state index contributed by atoms with van der Waals surface area (Å²) in [6, 6.07) is 6.29. The molecule has 1 N–H and O–H groups in total. The molecule has 0 fully saturated rings. The second-order valence-corrected chi connectivity index (χ2v) is 11.3. The highest BCUT2D eigenvalue weighted by molar-refractivity contribution is 7.12. The monoisotopic (exact) mass is 456 g/mol. The van der Waals surface area contributed by atoms with Crippen LogP contribution in [0.5, 0.6) is 0 Å². The molecular weight excluding hydrogens is 428 g/mol. The number of aryl methyl sites for hydroxylation is 2. The Morgan fingerprint density at radius 2 is 2.00 bits per heavy atom. The SMILES string of the molecule is Cc1cc(C2=CCN(c3nc(C)n(Cc4ccc(C(C)(C)C)s4)c(=O)n3)CC2O)cs1. The van der Waals surface area contributed by atoms with E-state index < -0.39 is 6.10 Å². The molecule has 0 aromatic carbocycles. The van der Waals surface area contributed by atoms with Crippen molar-refractivity contribution in [1.29, 1.82) is 0 Å². The molecule has 1 aliphatic rings. The van der Waals surface area contributed by atoms with Gasteiger partial charge in [0.15, 0.2) is 0 Å². The number of anilines is 1. The molecular formula is C23H28N4O2S2. The van der Waals surface area contributed by atoms with Crippen LogP contribution in [0.4, 0.5) is 5.95 Å². The number of thiophene rings is 2. The van der Waals surface area contributed by atoms with Gasteiger partial charge in [0.05, 0.1) is 19.2 Å². The van der Waals surface area contributed by atoms with Crippen molar-refractivity contribution < 1.29 is 5.11 Å². The molecule has 0 amide bonds. The number of nitrogens with zero attached hydrogens (tertiary/aromatic N) is 4. The molecule has 1 atom stereocenters. The van der Waals surface area contributed by atoms with E-state index in [1.807, 2.05) is 17.9 Å². The first-order valence-corrected chi connectivity index (χ1v) is 12.0. The predicted octanol–water partition coefficient (Wildman–Crippen LogP) is 3.99. The Morgan fingerprint density at radius 3 is 2.58 bits per heavy atom. The van der Waals surface area contributed by atoms with E-state index in [1.165, 1.54) is 9.75 Å². The van der Waals surface area contributed by atoms with Gasteiger partial charge in [-0.25, -0.2) is 4.79 Å². The number of hydrogen-bond acceptors (Lipinski definition) is 7. The maximum atomic E-state index is 12.8. The zero-order chi connectivity index (χ0) is 22.3. The first-order valence-electron chi connectivity index (χ1n) is 10.3. The molecule has 0 spiro atoms. The smallest absolute Gasteiger partial charge is 0.352 e. The van der Waals surface area contributed by atoms with Crippen LogP contribution in [-0.4, -0.2) is 38.8 Å². The second-order valence-electron chi connectivity index (χ2n) is 8.98. The molecule has 1 unspecified atom stereocenters. The lowest BCUT2D eigenvalue weighted by atomic mass is 9.95. The van der Waals surface area contributed by atoms with E-state index in [0.717, 1.165) is 16.0 Å². The Kier molecular flexibility index (Phi) is 5.89. The summed E-state index contributed by atoms with van der Waals surface area (Å²) in [7, 11) is 0. The fourth-order valence-corrected chi connectivity index (χ4v) is 5.42. The van der Waals surface area contributed by atoms with Gasteiger partial charge in [0.25, 0.3) is 0 Å². The van der Waals surface area contributed by atoms with Gasteiger partial charge in [0.1, 0.15) is 5.82 Å². The minimum Gasteiger partial charge on any atom is -0.387 e. The zero-order valence-corrected chi connectivity index (χ0v) is 20.2. The molecule has 31 heavy (non-hydrogen) atoms. The zero-order valence-electron chi connectivity index (χ0n) is 18.5. The minimum atomic E-state index is -0.643. The van der Waals surface area contributed by atoms with Gasteiger partial charge >= 0.3 is 5.69 Å². The van der Waals surface area contributed by atoms with Crippen molar-refractivity contribution in [3.8, 4) is 0 Å². The Morgan fingerprint density at radius 1 is 1.23 bits per heavy atom. The standard InChI is InChI=1S/C23H28N4O2S2/c1-14-10-16(13-30-14)18-8-9-26(12-19(18)28)21-24-15(2)27(22(29)25-21)11-17-6-7-20(31-17)23(3,4)5/h6-8,10,13,19,28H,9,11-12H2,1-5H3. The average molecular weight is 457 g/mol. The third-order valence-corrected chi connectivity index (χ3v) is 7.78. The molecule has 164 valence electrons. The van der Waals surface area contributed by atoms with Crippen LogP contribution >= 0.6 is 22.7 Å². The molecule has 3 aromatic heterocycles. The largest absolute Gasteiger partial charge is 0.387 e. The highest BCUT2D eigenvalue weighted by Gasteiger charge is 2.25. The van der Waals surface area contributed by atoms with Crippen molar-refractivity contribution in [2.75, 3.05) is 18.0 Å². The van der Waals surface area contributed by atoms with E-state index in [4.69, 9.17) is 0 Å². The first kappa shape index (κ1) is 21.9. The fraction of sp³-hybridized carbons (Fsp3) is 0.435. The van der Waals surface area contributed by atoms with E-state index in [1.54, 1.807) is 27.2 Å². The van der Waals surface area contributed by atoms with Crippen LogP contribution in [0.15, 0.2) is 34.4 Å². The summed E-state index contributed by atoms with van der Waals surface area (Å²) in [6.07, 6.45) is 1.36. The van der Waals surface area contributed by atoms with Crippen LogP contribution < -0.4 is 10.6 Å². The summed E-state index contributed by atoms with van der Waals surface area (Å²) in [5, 5.41) is 12.7. The van der Waals surface area contributed by atoms with Gasteiger partial charge < -0.3 is 10.0 Å². The number of rotatable bonds is 4.